The molecule has 10 nitrogen and oxygen atoms in total. The van der Waals surface area contributed by atoms with Crippen molar-refractivity contribution in [3.8, 4) is 11.4 Å². The van der Waals surface area contributed by atoms with Gasteiger partial charge in [0.1, 0.15) is 12.1 Å². The van der Waals surface area contributed by atoms with Crippen LogP contribution in [0.4, 0.5) is 5.82 Å². The summed E-state index contributed by atoms with van der Waals surface area (Å²) < 4.78 is 8.85. The lowest BCUT2D eigenvalue weighted by molar-refractivity contribution is 0.186. The summed E-state index contributed by atoms with van der Waals surface area (Å²) in [6.45, 7) is 3.28. The number of methoxy groups -OCH3 is 1. The smallest absolute Gasteiger partial charge is 0.165 e. The van der Waals surface area contributed by atoms with Crippen LogP contribution in [0.15, 0.2) is 37.1 Å². The summed E-state index contributed by atoms with van der Waals surface area (Å²) in [5.74, 6) is 2.07. The molecule has 0 radical (unpaired) electrons. The Morgan fingerprint density at radius 1 is 1.25 bits per heavy atom. The summed E-state index contributed by atoms with van der Waals surface area (Å²) >= 11 is 0. The van der Waals surface area contributed by atoms with Crippen molar-refractivity contribution in [1.82, 2.24) is 39.5 Å². The minimum Gasteiger partial charge on any atom is -0.383 e. The van der Waals surface area contributed by atoms with Crippen molar-refractivity contribution in [2.45, 2.75) is 19.5 Å². The first-order valence-electron chi connectivity index (χ1n) is 8.90. The van der Waals surface area contributed by atoms with Crippen LogP contribution >= 0.6 is 0 Å². The normalized spacial score (nSPS) is 12.4. The molecule has 0 aliphatic carbocycles. The lowest BCUT2D eigenvalue weighted by atomic mass is 10.2. The van der Waals surface area contributed by atoms with Gasteiger partial charge in [0.15, 0.2) is 17.3 Å². The summed E-state index contributed by atoms with van der Waals surface area (Å²) in [6.07, 6.45) is 6.92. The Morgan fingerprint density at radius 2 is 2.14 bits per heavy atom. The summed E-state index contributed by atoms with van der Waals surface area (Å²) in [5.41, 5.74) is 1.58. The zero-order valence-corrected chi connectivity index (χ0v) is 15.9. The van der Waals surface area contributed by atoms with E-state index in [0.717, 1.165) is 22.4 Å². The molecule has 28 heavy (non-hydrogen) atoms. The summed E-state index contributed by atoms with van der Waals surface area (Å²) in [7, 11) is 3.53. The van der Waals surface area contributed by atoms with E-state index in [1.165, 1.54) is 0 Å². The molecule has 0 bridgehead atoms. The summed E-state index contributed by atoms with van der Waals surface area (Å²) in [6, 6.07) is 3.67. The van der Waals surface area contributed by atoms with Gasteiger partial charge in [0, 0.05) is 38.7 Å². The Hall–Kier alpha value is -3.40. The average molecular weight is 379 g/mol. The fraction of sp³-hybridized carbons (Fsp3) is 0.333. The van der Waals surface area contributed by atoms with Crippen molar-refractivity contribution < 1.29 is 4.74 Å². The molecule has 4 heterocycles. The monoisotopic (exact) mass is 379 g/mol. The molecule has 4 aromatic rings. The molecule has 4 aromatic heterocycles. The van der Waals surface area contributed by atoms with Gasteiger partial charge in [-0.2, -0.15) is 5.10 Å². The zero-order chi connectivity index (χ0) is 19.5. The number of hydrogen-bond donors (Lipinski definition) is 1. The fourth-order valence-corrected chi connectivity index (χ4v) is 2.99. The van der Waals surface area contributed by atoms with E-state index < -0.39 is 0 Å². The number of aromatic nitrogens is 8. The molecule has 0 aromatic carbocycles. The highest BCUT2D eigenvalue weighted by atomic mass is 16.5. The second-order valence-corrected chi connectivity index (χ2v) is 6.38. The van der Waals surface area contributed by atoms with E-state index in [2.05, 4.69) is 30.6 Å². The van der Waals surface area contributed by atoms with Gasteiger partial charge in [-0.1, -0.05) is 0 Å². The highest BCUT2D eigenvalue weighted by molar-refractivity contribution is 5.88. The third-order valence-electron chi connectivity index (χ3n) is 4.43. The first-order chi connectivity index (χ1) is 13.7. The van der Waals surface area contributed by atoms with E-state index in [4.69, 9.17) is 9.72 Å². The average Bonchev–Trinajstić information content (AvgIpc) is 3.34. The number of anilines is 1. The maximum atomic E-state index is 5.16. The van der Waals surface area contributed by atoms with E-state index >= 15 is 0 Å². The van der Waals surface area contributed by atoms with Crippen LogP contribution in [-0.4, -0.2) is 53.2 Å². The molecule has 0 saturated carbocycles. The molecule has 1 N–H and O–H groups in total. The number of pyridine rings is 1. The number of nitrogens with one attached hydrogen (secondary N) is 1. The van der Waals surface area contributed by atoms with Crippen molar-refractivity contribution in [2.24, 2.45) is 7.05 Å². The topological polar surface area (TPSA) is 108 Å². The highest BCUT2D eigenvalue weighted by Crippen LogP contribution is 2.27. The lowest BCUT2D eigenvalue weighted by Gasteiger charge is -2.16. The van der Waals surface area contributed by atoms with Gasteiger partial charge in [0.25, 0.3) is 0 Å². The predicted molar refractivity (Wildman–Crippen MR) is 103 cm³/mol. The first-order valence-corrected chi connectivity index (χ1v) is 8.90. The van der Waals surface area contributed by atoms with E-state index in [0.29, 0.717) is 24.8 Å². The molecule has 10 heteroatoms. The lowest BCUT2D eigenvalue weighted by Crippen LogP contribution is -2.16. The van der Waals surface area contributed by atoms with E-state index in [1.807, 2.05) is 30.7 Å². The molecule has 144 valence electrons. The number of nitrogens with zero attached hydrogens (tertiary/aromatic N) is 8. The molecule has 0 aliphatic rings. The van der Waals surface area contributed by atoms with Crippen molar-refractivity contribution >= 4 is 16.9 Å². The van der Waals surface area contributed by atoms with Crippen LogP contribution in [0.5, 0.6) is 0 Å². The van der Waals surface area contributed by atoms with Gasteiger partial charge >= 0.3 is 0 Å². The van der Waals surface area contributed by atoms with E-state index in [1.54, 1.807) is 36.7 Å². The minimum atomic E-state index is -0.126. The Morgan fingerprint density at radius 3 is 2.93 bits per heavy atom. The highest BCUT2D eigenvalue weighted by Gasteiger charge is 2.18. The third kappa shape index (κ3) is 3.41. The Balaban J connectivity index is 1.71. The number of hydrogen-bond acceptors (Lipinski definition) is 8. The van der Waals surface area contributed by atoms with Crippen LogP contribution in [-0.2, 0) is 18.3 Å². The number of ether oxygens (including phenoxy) is 1. The van der Waals surface area contributed by atoms with Crippen LogP contribution in [0.2, 0.25) is 0 Å². The molecule has 0 saturated heterocycles. The third-order valence-corrected chi connectivity index (χ3v) is 4.43. The Kier molecular flexibility index (Phi) is 4.94. The van der Waals surface area contributed by atoms with Crippen molar-refractivity contribution in [2.75, 3.05) is 19.0 Å². The SMILES string of the molecule is COCCn1cnnc1C(C)Nc1nc(-c2cccnc2)nc2c1cnn2C. The molecule has 0 spiro atoms. The molecule has 1 unspecified atom stereocenters. The molecule has 0 aliphatic heterocycles. The predicted octanol–water partition coefficient (Wildman–Crippen LogP) is 1.84. The second kappa shape index (κ2) is 7.69. The molecule has 1 atom stereocenters. The van der Waals surface area contributed by atoms with Crippen LogP contribution in [0, 0.1) is 0 Å². The number of rotatable bonds is 7. The molecule has 0 fully saturated rings. The summed E-state index contributed by atoms with van der Waals surface area (Å²) in [5, 5.41) is 16.9. The molecule has 4 rings (SSSR count). The van der Waals surface area contributed by atoms with Gasteiger partial charge in [-0.15, -0.1) is 10.2 Å². The quantitative estimate of drug-likeness (QED) is 0.518. The fourth-order valence-electron chi connectivity index (χ4n) is 2.99. The van der Waals surface area contributed by atoms with Crippen LogP contribution < -0.4 is 5.32 Å². The summed E-state index contributed by atoms with van der Waals surface area (Å²) in [4.78, 5) is 13.5. The van der Waals surface area contributed by atoms with Crippen molar-refractivity contribution in [3.63, 3.8) is 0 Å². The second-order valence-electron chi connectivity index (χ2n) is 6.38. The maximum Gasteiger partial charge on any atom is 0.165 e. The first kappa shape index (κ1) is 18.0. The number of fused-ring (bicyclic) bond motifs is 1. The van der Waals surface area contributed by atoms with Gasteiger partial charge in [-0.05, 0) is 19.1 Å². The zero-order valence-electron chi connectivity index (χ0n) is 15.9. The Labute approximate surface area is 161 Å². The van der Waals surface area contributed by atoms with Gasteiger partial charge in [0.05, 0.1) is 24.2 Å². The van der Waals surface area contributed by atoms with Gasteiger partial charge in [0.2, 0.25) is 0 Å². The van der Waals surface area contributed by atoms with Gasteiger partial charge in [-0.3, -0.25) is 9.67 Å². The minimum absolute atomic E-state index is 0.126. The van der Waals surface area contributed by atoms with Crippen LogP contribution in [0.1, 0.15) is 18.8 Å². The molecular formula is C18H21N9O. The number of aryl methyl sites for hydroxylation is 1. The van der Waals surface area contributed by atoms with Gasteiger partial charge in [-0.25, -0.2) is 9.97 Å². The van der Waals surface area contributed by atoms with Gasteiger partial charge < -0.3 is 14.6 Å². The standard InChI is InChI=1S/C18H21N9O/c1-12(17-25-20-11-27(17)7-8-28-3)22-16-14-10-21-26(2)18(14)24-15(23-16)13-5-4-6-19-9-13/h4-6,9-12H,7-8H2,1-3H3,(H,22,23,24). The maximum absolute atomic E-state index is 5.16. The van der Waals surface area contributed by atoms with Crippen molar-refractivity contribution in [1.29, 1.82) is 0 Å². The van der Waals surface area contributed by atoms with E-state index in [-0.39, 0.29) is 6.04 Å². The Bertz CT molecular complexity index is 1070. The van der Waals surface area contributed by atoms with Crippen LogP contribution in [0.25, 0.3) is 22.4 Å². The van der Waals surface area contributed by atoms with Crippen molar-refractivity contribution in [3.05, 3.63) is 42.9 Å². The van der Waals surface area contributed by atoms with E-state index in [9.17, 15) is 0 Å². The molecule has 0 amide bonds. The largest absolute Gasteiger partial charge is 0.383 e. The molecular weight excluding hydrogens is 358 g/mol. The van der Waals surface area contributed by atoms with Crippen LogP contribution in [0.3, 0.4) is 0 Å².